The summed E-state index contributed by atoms with van der Waals surface area (Å²) in [5.41, 5.74) is 6.05. The molecule has 3 aromatic rings. The van der Waals surface area contributed by atoms with Gasteiger partial charge in [-0.1, -0.05) is 24.3 Å². The zero-order valence-corrected chi connectivity index (χ0v) is 15.6. The van der Waals surface area contributed by atoms with Gasteiger partial charge in [-0.15, -0.1) is 0 Å². The maximum absolute atomic E-state index is 12.8. The van der Waals surface area contributed by atoms with E-state index in [4.69, 9.17) is 0 Å². The summed E-state index contributed by atoms with van der Waals surface area (Å²) in [7, 11) is 0. The SMILES string of the molecule is O=C(NNc1ccccc1)Nc1ccc([NH2+]c2cccc(C(F)(F)F)c2)nc1.[Cl-]. The van der Waals surface area contributed by atoms with Crippen LogP contribution in [0, 0.1) is 0 Å². The number of quaternary nitrogens is 1. The number of halogens is 4. The third-order valence-electron chi connectivity index (χ3n) is 3.67. The summed E-state index contributed by atoms with van der Waals surface area (Å²) < 4.78 is 38.3. The van der Waals surface area contributed by atoms with E-state index in [0.717, 1.165) is 17.8 Å². The number of alkyl halides is 3. The van der Waals surface area contributed by atoms with Crippen LogP contribution < -0.4 is 33.9 Å². The first-order valence-electron chi connectivity index (χ1n) is 8.26. The van der Waals surface area contributed by atoms with Gasteiger partial charge in [-0.25, -0.2) is 9.78 Å². The van der Waals surface area contributed by atoms with Gasteiger partial charge in [0.2, 0.25) is 5.82 Å². The molecule has 29 heavy (non-hydrogen) atoms. The van der Waals surface area contributed by atoms with E-state index in [1.54, 1.807) is 30.3 Å². The Morgan fingerprint density at radius 3 is 2.34 bits per heavy atom. The van der Waals surface area contributed by atoms with Crippen molar-refractivity contribution in [2.45, 2.75) is 6.18 Å². The lowest BCUT2D eigenvalue weighted by atomic mass is 10.2. The number of pyridine rings is 1. The fourth-order valence-electron chi connectivity index (χ4n) is 2.35. The number of aromatic nitrogens is 1. The van der Waals surface area contributed by atoms with Gasteiger partial charge in [0, 0.05) is 12.1 Å². The van der Waals surface area contributed by atoms with Crippen molar-refractivity contribution < 1.29 is 35.7 Å². The van der Waals surface area contributed by atoms with Crippen LogP contribution >= 0.6 is 0 Å². The Bertz CT molecular complexity index is 937. The molecule has 0 unspecified atom stereocenters. The number of benzene rings is 2. The maximum atomic E-state index is 12.8. The van der Waals surface area contributed by atoms with Gasteiger partial charge < -0.3 is 17.7 Å². The topological polar surface area (TPSA) is 82.7 Å². The Labute approximate surface area is 170 Å². The highest BCUT2D eigenvalue weighted by molar-refractivity contribution is 5.89. The molecule has 0 bridgehead atoms. The van der Waals surface area contributed by atoms with E-state index in [0.29, 0.717) is 17.2 Å². The Morgan fingerprint density at radius 1 is 0.931 bits per heavy atom. The highest BCUT2D eigenvalue weighted by Crippen LogP contribution is 2.29. The number of carbonyl (C=O) groups excluding carboxylic acids is 1. The number of hydrogen-bond donors (Lipinski definition) is 4. The molecule has 2 amide bonds. The van der Waals surface area contributed by atoms with Gasteiger partial charge in [0.1, 0.15) is 5.69 Å². The summed E-state index contributed by atoms with van der Waals surface area (Å²) >= 11 is 0. The molecule has 0 saturated carbocycles. The maximum Gasteiger partial charge on any atom is 0.416 e. The van der Waals surface area contributed by atoms with E-state index in [1.807, 2.05) is 18.2 Å². The zero-order chi connectivity index (χ0) is 20.0. The number of carbonyl (C=O) groups is 1. The van der Waals surface area contributed by atoms with Gasteiger partial charge in [-0.3, -0.25) is 16.2 Å². The lowest BCUT2D eigenvalue weighted by molar-refractivity contribution is -0.483. The first-order valence-corrected chi connectivity index (χ1v) is 8.26. The van der Waals surface area contributed by atoms with E-state index in [9.17, 15) is 18.0 Å². The summed E-state index contributed by atoms with van der Waals surface area (Å²) in [4.78, 5) is 16.0. The number of urea groups is 1. The van der Waals surface area contributed by atoms with Gasteiger partial charge in [0.25, 0.3) is 0 Å². The van der Waals surface area contributed by atoms with Crippen molar-refractivity contribution in [1.29, 1.82) is 0 Å². The molecule has 0 spiro atoms. The van der Waals surface area contributed by atoms with Gasteiger partial charge in [-0.2, -0.15) is 13.2 Å². The second-order valence-corrected chi connectivity index (χ2v) is 5.81. The molecule has 0 radical (unpaired) electrons. The van der Waals surface area contributed by atoms with Crippen LogP contribution in [-0.2, 0) is 6.18 Å². The van der Waals surface area contributed by atoms with Crippen molar-refractivity contribution in [3.8, 4) is 0 Å². The summed E-state index contributed by atoms with van der Waals surface area (Å²) in [5, 5.41) is 4.12. The van der Waals surface area contributed by atoms with Crippen LogP contribution in [0.1, 0.15) is 5.56 Å². The number of nitrogens with one attached hydrogen (secondary N) is 3. The minimum absolute atomic E-state index is 0. The second kappa shape index (κ2) is 9.76. The van der Waals surface area contributed by atoms with Crippen LogP contribution in [0.2, 0.25) is 0 Å². The van der Waals surface area contributed by atoms with Gasteiger partial charge >= 0.3 is 12.2 Å². The number of anilines is 2. The van der Waals surface area contributed by atoms with Crippen LogP contribution in [0.4, 0.5) is 40.8 Å². The Balaban J connectivity index is 0.00000300. The predicted molar refractivity (Wildman–Crippen MR) is 99.1 cm³/mol. The number of para-hydroxylation sites is 1. The molecule has 10 heteroatoms. The first-order chi connectivity index (χ1) is 13.4. The third kappa shape index (κ3) is 6.66. The van der Waals surface area contributed by atoms with Crippen molar-refractivity contribution in [1.82, 2.24) is 10.4 Å². The molecule has 0 saturated heterocycles. The van der Waals surface area contributed by atoms with E-state index in [2.05, 4.69) is 21.2 Å². The first kappa shape index (κ1) is 22.0. The summed E-state index contributed by atoms with van der Waals surface area (Å²) in [6.07, 6.45) is -2.98. The molecule has 0 aliphatic carbocycles. The lowest BCUT2D eigenvalue weighted by Gasteiger charge is -2.10. The van der Waals surface area contributed by atoms with Crippen LogP contribution in [0.25, 0.3) is 0 Å². The quantitative estimate of drug-likeness (QED) is 0.361. The number of hydrazine groups is 1. The fourth-order valence-corrected chi connectivity index (χ4v) is 2.35. The van der Waals surface area contributed by atoms with E-state index in [-0.39, 0.29) is 12.4 Å². The summed E-state index contributed by atoms with van der Waals surface area (Å²) in [5.74, 6) is 0.465. The number of nitrogens with two attached hydrogens (primary N) is 1. The highest BCUT2D eigenvalue weighted by atomic mass is 35.5. The molecule has 0 fully saturated rings. The molecule has 1 aromatic heterocycles. The van der Waals surface area contributed by atoms with Gasteiger partial charge in [0.15, 0.2) is 0 Å². The van der Waals surface area contributed by atoms with Gasteiger partial charge in [-0.05, 0) is 30.3 Å². The minimum atomic E-state index is -4.40. The molecule has 5 N–H and O–H groups in total. The summed E-state index contributed by atoms with van der Waals surface area (Å²) in [6.45, 7) is 0. The molecule has 152 valence electrons. The molecule has 0 aliphatic rings. The average molecular weight is 424 g/mol. The molecule has 3 rings (SSSR count). The Hall–Kier alpha value is -3.30. The number of rotatable bonds is 5. The molecular formula is C19H17ClF3N5O. The zero-order valence-electron chi connectivity index (χ0n) is 14.9. The lowest BCUT2D eigenvalue weighted by Crippen LogP contribution is -3.00. The van der Waals surface area contributed by atoms with E-state index >= 15 is 0 Å². The molecular weight excluding hydrogens is 407 g/mol. The van der Waals surface area contributed by atoms with E-state index < -0.39 is 17.8 Å². The standard InChI is InChI=1S/C19H16F3N5O.ClH/c20-19(21,22)13-5-4-8-15(11-13)24-17-10-9-16(12-23-17)25-18(28)27-26-14-6-2-1-3-7-14;/h1-12,26H,(H,23,24)(H2,25,27,28);1H. The minimum Gasteiger partial charge on any atom is -1.00 e. The van der Waals surface area contributed by atoms with Crippen LogP contribution in [0.3, 0.4) is 0 Å². The number of hydrogen-bond acceptors (Lipinski definition) is 3. The predicted octanol–water partition coefficient (Wildman–Crippen LogP) is 0.780. The van der Waals surface area contributed by atoms with Crippen molar-refractivity contribution >= 4 is 28.9 Å². The molecule has 2 aromatic carbocycles. The van der Waals surface area contributed by atoms with Crippen LogP contribution in [0.15, 0.2) is 72.9 Å². The molecule has 1 heterocycles. The van der Waals surface area contributed by atoms with Crippen molar-refractivity contribution in [3.63, 3.8) is 0 Å². The second-order valence-electron chi connectivity index (χ2n) is 5.81. The average Bonchev–Trinajstić information content (AvgIpc) is 2.68. The van der Waals surface area contributed by atoms with E-state index in [1.165, 1.54) is 17.6 Å². The van der Waals surface area contributed by atoms with Gasteiger partial charge in [0.05, 0.1) is 23.1 Å². The Kier molecular flexibility index (Phi) is 7.40. The van der Waals surface area contributed by atoms with Crippen LogP contribution in [0.5, 0.6) is 0 Å². The monoisotopic (exact) mass is 423 g/mol. The van der Waals surface area contributed by atoms with Crippen molar-refractivity contribution in [2.75, 3.05) is 10.7 Å². The molecule has 6 nitrogen and oxygen atoms in total. The smallest absolute Gasteiger partial charge is 0.416 e. The highest BCUT2D eigenvalue weighted by Gasteiger charge is 2.30. The number of amides is 2. The largest absolute Gasteiger partial charge is 1.00 e. The molecule has 0 atom stereocenters. The normalized spacial score (nSPS) is 10.6. The third-order valence-corrected chi connectivity index (χ3v) is 3.67. The molecule has 0 aliphatic heterocycles. The van der Waals surface area contributed by atoms with Crippen molar-refractivity contribution in [2.24, 2.45) is 0 Å². The van der Waals surface area contributed by atoms with Crippen molar-refractivity contribution in [3.05, 3.63) is 78.5 Å². The fraction of sp³-hybridized carbons (Fsp3) is 0.0526. The number of nitrogens with zero attached hydrogens (tertiary/aromatic N) is 1. The Morgan fingerprint density at radius 2 is 1.69 bits per heavy atom. The van der Waals surface area contributed by atoms with Crippen LogP contribution in [-0.4, -0.2) is 11.0 Å². The summed E-state index contributed by atoms with van der Waals surface area (Å²) in [6, 6.07) is 16.8.